The van der Waals surface area contributed by atoms with Gasteiger partial charge in [-0.3, -0.25) is 9.59 Å². The summed E-state index contributed by atoms with van der Waals surface area (Å²) in [5.74, 6) is -1.02. The Morgan fingerprint density at radius 3 is 1.81 bits per heavy atom. The monoisotopic (exact) mass is 567 g/mol. The molecule has 0 radical (unpaired) electrons. The number of hydrogen-bond acceptors (Lipinski definition) is 4. The first kappa shape index (κ1) is 30.3. The topological polar surface area (TPSA) is 75.6 Å². The number of esters is 1. The van der Waals surface area contributed by atoms with E-state index in [1.165, 1.54) is 11.1 Å². The summed E-state index contributed by atoms with van der Waals surface area (Å²) in [5, 5.41) is 12.1. The van der Waals surface area contributed by atoms with Crippen molar-refractivity contribution in [2.75, 3.05) is 13.1 Å². The van der Waals surface area contributed by atoms with Crippen LogP contribution in [0.15, 0.2) is 89.4 Å². The molecule has 3 rings (SSSR count). The second kappa shape index (κ2) is 15.3. The highest BCUT2D eigenvalue weighted by molar-refractivity contribution is 9.10. The largest absolute Gasteiger partial charge is 0.481 e. The van der Waals surface area contributed by atoms with E-state index < -0.39 is 17.5 Å². The molecule has 0 fully saturated rings. The van der Waals surface area contributed by atoms with Gasteiger partial charge in [-0.05, 0) is 69.5 Å². The molecule has 0 aliphatic heterocycles. The fourth-order valence-electron chi connectivity index (χ4n) is 3.74. The number of rotatable bonds is 10. The van der Waals surface area contributed by atoms with Gasteiger partial charge in [0, 0.05) is 16.9 Å². The number of benzene rings is 3. The van der Waals surface area contributed by atoms with Crippen LogP contribution in [0.5, 0.6) is 0 Å². The second-order valence-corrected chi connectivity index (χ2v) is 10.8. The van der Waals surface area contributed by atoms with E-state index >= 15 is 0 Å². The van der Waals surface area contributed by atoms with E-state index in [4.69, 9.17) is 9.84 Å². The quantitative estimate of drug-likeness (QED) is 0.200. The van der Waals surface area contributed by atoms with Crippen molar-refractivity contribution < 1.29 is 19.4 Å². The van der Waals surface area contributed by atoms with Crippen LogP contribution in [0.1, 0.15) is 69.1 Å². The van der Waals surface area contributed by atoms with Gasteiger partial charge in [-0.15, -0.1) is 0 Å². The minimum Gasteiger partial charge on any atom is -0.481 e. The number of halogens is 1. The normalized spacial score (nSPS) is 11.8. The average Bonchev–Trinajstić information content (AvgIpc) is 2.86. The van der Waals surface area contributed by atoms with Crippen LogP contribution in [-0.2, 0) is 14.3 Å². The molecule has 0 saturated heterocycles. The van der Waals surface area contributed by atoms with Gasteiger partial charge in [0.05, 0.1) is 12.3 Å². The molecule has 5 nitrogen and oxygen atoms in total. The molecule has 3 aromatic rings. The lowest BCUT2D eigenvalue weighted by Crippen LogP contribution is -2.27. The van der Waals surface area contributed by atoms with Gasteiger partial charge >= 0.3 is 11.9 Å². The summed E-state index contributed by atoms with van der Waals surface area (Å²) < 4.78 is 6.29. The van der Waals surface area contributed by atoms with Gasteiger partial charge in [-0.1, -0.05) is 88.7 Å². The van der Waals surface area contributed by atoms with E-state index in [0.29, 0.717) is 18.9 Å². The number of aliphatic carboxylic acids is 1. The SMILES string of the molecule is CC(C(=O)O)c1ccc(Br)cc1.CC(C)(C)OC(=O)CCNCCC(c1ccccc1)c1ccccc1. The lowest BCUT2D eigenvalue weighted by molar-refractivity contribution is -0.154. The van der Waals surface area contributed by atoms with Crippen LogP contribution in [-0.4, -0.2) is 35.7 Å². The lowest BCUT2D eigenvalue weighted by Gasteiger charge is -2.20. The molecule has 2 N–H and O–H groups in total. The van der Waals surface area contributed by atoms with E-state index in [2.05, 4.69) is 69.8 Å². The van der Waals surface area contributed by atoms with Crippen LogP contribution in [0.4, 0.5) is 0 Å². The molecule has 198 valence electrons. The van der Waals surface area contributed by atoms with Crippen LogP contribution in [0.2, 0.25) is 0 Å². The Hall–Kier alpha value is -2.96. The van der Waals surface area contributed by atoms with Crippen LogP contribution in [0.3, 0.4) is 0 Å². The van der Waals surface area contributed by atoms with Gasteiger partial charge in [0.15, 0.2) is 0 Å². The maximum Gasteiger partial charge on any atom is 0.310 e. The molecule has 0 aromatic heterocycles. The van der Waals surface area contributed by atoms with Crippen LogP contribution < -0.4 is 5.32 Å². The highest BCUT2D eigenvalue weighted by Gasteiger charge is 2.16. The zero-order chi connectivity index (χ0) is 27.3. The molecule has 0 saturated carbocycles. The Morgan fingerprint density at radius 2 is 1.35 bits per heavy atom. The Morgan fingerprint density at radius 1 is 0.838 bits per heavy atom. The number of carbonyl (C=O) groups is 2. The van der Waals surface area contributed by atoms with Crippen molar-refractivity contribution in [3.63, 3.8) is 0 Å². The van der Waals surface area contributed by atoms with Gasteiger partial charge in [0.2, 0.25) is 0 Å². The fourth-order valence-corrected chi connectivity index (χ4v) is 4.01. The third kappa shape index (κ3) is 11.8. The molecule has 0 bridgehead atoms. The smallest absolute Gasteiger partial charge is 0.310 e. The van der Waals surface area contributed by atoms with Crippen molar-refractivity contribution in [3.8, 4) is 0 Å². The molecular weight excluding hydrogens is 530 g/mol. The van der Waals surface area contributed by atoms with Gasteiger partial charge in [0.25, 0.3) is 0 Å². The molecule has 37 heavy (non-hydrogen) atoms. The summed E-state index contributed by atoms with van der Waals surface area (Å²) in [6.45, 7) is 8.85. The van der Waals surface area contributed by atoms with Crippen LogP contribution >= 0.6 is 15.9 Å². The van der Waals surface area contributed by atoms with Gasteiger partial charge < -0.3 is 15.2 Å². The molecule has 3 aromatic carbocycles. The number of nitrogens with one attached hydrogen (secondary N) is 1. The van der Waals surface area contributed by atoms with Crippen molar-refractivity contribution >= 4 is 27.9 Å². The van der Waals surface area contributed by atoms with Gasteiger partial charge in [0.1, 0.15) is 5.60 Å². The van der Waals surface area contributed by atoms with Crippen molar-refractivity contribution in [2.45, 2.75) is 58.0 Å². The summed E-state index contributed by atoms with van der Waals surface area (Å²) in [5.41, 5.74) is 3.05. The minimum atomic E-state index is -0.794. The van der Waals surface area contributed by atoms with Crippen molar-refractivity contribution in [2.24, 2.45) is 0 Å². The molecule has 0 spiro atoms. The number of carbonyl (C=O) groups excluding carboxylic acids is 1. The van der Waals surface area contributed by atoms with Crippen molar-refractivity contribution in [1.29, 1.82) is 0 Å². The summed E-state index contributed by atoms with van der Waals surface area (Å²) in [6.07, 6.45) is 1.39. The van der Waals surface area contributed by atoms with E-state index in [0.717, 1.165) is 23.0 Å². The zero-order valence-corrected chi connectivity index (χ0v) is 23.7. The number of hydrogen-bond donors (Lipinski definition) is 2. The Labute approximate surface area is 229 Å². The third-order valence-corrected chi connectivity index (χ3v) is 6.21. The predicted octanol–water partition coefficient (Wildman–Crippen LogP) is 7.17. The second-order valence-electron chi connectivity index (χ2n) is 9.86. The highest BCUT2D eigenvalue weighted by atomic mass is 79.9. The molecular formula is C31H38BrNO4. The molecule has 0 heterocycles. The maximum absolute atomic E-state index is 11.7. The number of carboxylic acid groups (broad SMARTS) is 1. The summed E-state index contributed by atoms with van der Waals surface area (Å²) >= 11 is 3.28. The number of carboxylic acids is 1. The van der Waals surface area contributed by atoms with E-state index in [1.54, 1.807) is 6.92 Å². The Kier molecular flexibility index (Phi) is 12.5. The molecule has 0 amide bonds. The van der Waals surface area contributed by atoms with E-state index in [9.17, 15) is 9.59 Å². The predicted molar refractivity (Wildman–Crippen MR) is 153 cm³/mol. The first-order valence-corrected chi connectivity index (χ1v) is 13.4. The summed E-state index contributed by atoms with van der Waals surface area (Å²) in [7, 11) is 0. The molecule has 0 aliphatic carbocycles. The van der Waals surface area contributed by atoms with Gasteiger partial charge in [-0.25, -0.2) is 0 Å². The first-order valence-electron chi connectivity index (χ1n) is 12.6. The van der Waals surface area contributed by atoms with Crippen LogP contribution in [0.25, 0.3) is 0 Å². The average molecular weight is 569 g/mol. The van der Waals surface area contributed by atoms with Crippen LogP contribution in [0, 0.1) is 0 Å². The van der Waals surface area contributed by atoms with Gasteiger partial charge in [-0.2, -0.15) is 0 Å². The molecule has 0 aliphatic rings. The lowest BCUT2D eigenvalue weighted by atomic mass is 9.88. The molecule has 1 atom stereocenters. The van der Waals surface area contributed by atoms with Crippen molar-refractivity contribution in [3.05, 3.63) is 106 Å². The molecule has 6 heteroatoms. The Bertz CT molecular complexity index is 1040. The minimum absolute atomic E-state index is 0.150. The Balaban J connectivity index is 0.000000335. The van der Waals surface area contributed by atoms with E-state index in [-0.39, 0.29) is 5.97 Å². The summed E-state index contributed by atoms with van der Waals surface area (Å²) in [4.78, 5) is 22.3. The standard InChI is InChI=1S/C22H29NO2.C9H9BrO2/c1-22(2,3)25-21(24)15-17-23-16-14-20(18-10-6-4-7-11-18)19-12-8-5-9-13-19;1-6(9(11)12)7-2-4-8(10)5-3-7/h4-13,20,23H,14-17H2,1-3H3;2-6H,1H3,(H,11,12). The number of ether oxygens (including phenoxy) is 1. The first-order chi connectivity index (χ1) is 17.6. The highest BCUT2D eigenvalue weighted by Crippen LogP contribution is 2.27. The molecule has 1 unspecified atom stereocenters. The fraction of sp³-hybridized carbons (Fsp3) is 0.355. The zero-order valence-electron chi connectivity index (χ0n) is 22.1. The van der Waals surface area contributed by atoms with Crippen molar-refractivity contribution in [1.82, 2.24) is 5.32 Å². The summed E-state index contributed by atoms with van der Waals surface area (Å²) in [6, 6.07) is 28.4. The third-order valence-electron chi connectivity index (χ3n) is 5.68. The van der Waals surface area contributed by atoms with E-state index in [1.807, 2.05) is 57.2 Å². The maximum atomic E-state index is 11.7.